The molecule has 0 spiro atoms. The molecule has 0 aromatic heterocycles. The van der Waals surface area contributed by atoms with E-state index in [-0.39, 0.29) is 17.2 Å². The molecule has 0 radical (unpaired) electrons. The Bertz CT molecular complexity index is 469. The predicted molar refractivity (Wildman–Crippen MR) is 70.5 cm³/mol. The van der Waals surface area contributed by atoms with Crippen LogP contribution in [0.5, 0.6) is 5.75 Å². The van der Waals surface area contributed by atoms with Gasteiger partial charge in [0.1, 0.15) is 5.75 Å². The van der Waals surface area contributed by atoms with Crippen molar-refractivity contribution in [2.24, 2.45) is 11.7 Å². The van der Waals surface area contributed by atoms with Gasteiger partial charge in [-0.05, 0) is 44.7 Å². The van der Waals surface area contributed by atoms with E-state index >= 15 is 0 Å². The maximum Gasteiger partial charge on any atom is 0.252 e. The zero-order valence-electron chi connectivity index (χ0n) is 10.9. The molecule has 98 valence electrons. The van der Waals surface area contributed by atoms with Gasteiger partial charge in [0.05, 0.1) is 5.54 Å². The Morgan fingerprint density at radius 1 is 1.56 bits per heavy atom. The van der Waals surface area contributed by atoms with E-state index in [1.165, 1.54) is 0 Å². The number of nitrogens with two attached hydrogens (primary N) is 1. The zero-order valence-corrected chi connectivity index (χ0v) is 10.9. The standard InChI is InChI=1S/C14H20N2O2/c1-9-11(4-3-5-12(9)17)13(18)16-14(2,8-15)10-6-7-10/h3-5,10,17H,6-8,15H2,1-2H3,(H,16,18). The first-order valence-electron chi connectivity index (χ1n) is 6.29. The maximum atomic E-state index is 12.2. The highest BCUT2D eigenvalue weighted by Crippen LogP contribution is 2.39. The molecular weight excluding hydrogens is 228 g/mol. The summed E-state index contributed by atoms with van der Waals surface area (Å²) in [7, 11) is 0. The summed E-state index contributed by atoms with van der Waals surface area (Å²) in [5.74, 6) is 0.454. The van der Waals surface area contributed by atoms with Gasteiger partial charge >= 0.3 is 0 Å². The fourth-order valence-electron chi connectivity index (χ4n) is 2.24. The van der Waals surface area contributed by atoms with Crippen LogP contribution in [0.15, 0.2) is 18.2 Å². The second kappa shape index (κ2) is 4.61. The highest BCUT2D eigenvalue weighted by atomic mass is 16.3. The average molecular weight is 248 g/mol. The molecule has 4 nitrogen and oxygen atoms in total. The van der Waals surface area contributed by atoms with Crippen molar-refractivity contribution >= 4 is 5.91 Å². The molecule has 1 aromatic carbocycles. The minimum Gasteiger partial charge on any atom is -0.508 e. The maximum absolute atomic E-state index is 12.2. The number of carbonyl (C=O) groups is 1. The second-order valence-corrected chi connectivity index (χ2v) is 5.30. The van der Waals surface area contributed by atoms with Crippen LogP contribution in [-0.4, -0.2) is 23.1 Å². The van der Waals surface area contributed by atoms with Gasteiger partial charge in [-0.15, -0.1) is 0 Å². The first-order valence-corrected chi connectivity index (χ1v) is 6.29. The van der Waals surface area contributed by atoms with E-state index in [0.717, 1.165) is 12.8 Å². The molecule has 1 fully saturated rings. The van der Waals surface area contributed by atoms with Crippen molar-refractivity contribution < 1.29 is 9.90 Å². The second-order valence-electron chi connectivity index (χ2n) is 5.30. The van der Waals surface area contributed by atoms with Crippen molar-refractivity contribution in [2.75, 3.05) is 6.54 Å². The van der Waals surface area contributed by atoms with Crippen molar-refractivity contribution in [3.63, 3.8) is 0 Å². The van der Waals surface area contributed by atoms with Gasteiger partial charge in [-0.3, -0.25) is 4.79 Å². The summed E-state index contributed by atoms with van der Waals surface area (Å²) in [6.45, 7) is 4.16. The number of nitrogens with one attached hydrogen (secondary N) is 1. The normalized spacial score (nSPS) is 18.2. The Labute approximate surface area is 107 Å². The third-order valence-corrected chi connectivity index (χ3v) is 3.85. The third-order valence-electron chi connectivity index (χ3n) is 3.85. The van der Waals surface area contributed by atoms with Crippen molar-refractivity contribution in [3.8, 4) is 5.75 Å². The van der Waals surface area contributed by atoms with Gasteiger partial charge in [0.25, 0.3) is 5.91 Å². The van der Waals surface area contributed by atoms with E-state index in [9.17, 15) is 9.90 Å². The Morgan fingerprint density at radius 2 is 2.22 bits per heavy atom. The smallest absolute Gasteiger partial charge is 0.252 e. The molecule has 0 heterocycles. The lowest BCUT2D eigenvalue weighted by molar-refractivity contribution is 0.0896. The number of phenols is 1. The summed E-state index contributed by atoms with van der Waals surface area (Å²) in [5, 5.41) is 12.6. The van der Waals surface area contributed by atoms with Crippen LogP contribution in [0, 0.1) is 12.8 Å². The number of rotatable bonds is 4. The largest absolute Gasteiger partial charge is 0.508 e. The molecule has 4 heteroatoms. The monoisotopic (exact) mass is 248 g/mol. The summed E-state index contributed by atoms with van der Waals surface area (Å²) in [5.41, 5.74) is 6.55. The van der Waals surface area contributed by atoms with E-state index in [2.05, 4.69) is 5.32 Å². The summed E-state index contributed by atoms with van der Waals surface area (Å²) in [4.78, 5) is 12.2. The summed E-state index contributed by atoms with van der Waals surface area (Å²) in [6, 6.07) is 4.97. The highest BCUT2D eigenvalue weighted by molar-refractivity contribution is 5.96. The molecule has 1 aliphatic rings. The van der Waals surface area contributed by atoms with E-state index in [1.54, 1.807) is 25.1 Å². The molecule has 1 amide bonds. The molecule has 0 aliphatic heterocycles. The van der Waals surface area contributed by atoms with Gasteiger partial charge in [-0.2, -0.15) is 0 Å². The summed E-state index contributed by atoms with van der Waals surface area (Å²) in [6.07, 6.45) is 2.24. The fraction of sp³-hybridized carbons (Fsp3) is 0.500. The average Bonchev–Trinajstić information content (AvgIpc) is 3.16. The number of hydrogen-bond donors (Lipinski definition) is 3. The molecule has 18 heavy (non-hydrogen) atoms. The van der Waals surface area contributed by atoms with Crippen LogP contribution in [0.1, 0.15) is 35.7 Å². The van der Waals surface area contributed by atoms with Gasteiger partial charge in [-0.25, -0.2) is 0 Å². The molecule has 0 bridgehead atoms. The minimum absolute atomic E-state index is 0.142. The van der Waals surface area contributed by atoms with Crippen LogP contribution in [0.3, 0.4) is 0 Å². The van der Waals surface area contributed by atoms with Crippen LogP contribution < -0.4 is 11.1 Å². The predicted octanol–water partition coefficient (Wildman–Crippen LogP) is 1.56. The number of phenolic OH excluding ortho intramolecular Hbond substituents is 1. The first kappa shape index (κ1) is 12.9. The Hall–Kier alpha value is -1.55. The van der Waals surface area contributed by atoms with Crippen molar-refractivity contribution in [3.05, 3.63) is 29.3 Å². The van der Waals surface area contributed by atoms with E-state index in [1.807, 2.05) is 6.92 Å². The molecule has 1 unspecified atom stereocenters. The van der Waals surface area contributed by atoms with Gasteiger partial charge in [0.2, 0.25) is 0 Å². The van der Waals surface area contributed by atoms with Gasteiger partial charge in [0, 0.05) is 17.7 Å². The SMILES string of the molecule is Cc1c(O)cccc1C(=O)NC(C)(CN)C1CC1. The topological polar surface area (TPSA) is 75.3 Å². The quantitative estimate of drug-likeness (QED) is 0.757. The van der Waals surface area contributed by atoms with Gasteiger partial charge in [-0.1, -0.05) is 6.07 Å². The summed E-state index contributed by atoms with van der Waals surface area (Å²) >= 11 is 0. The Morgan fingerprint density at radius 3 is 2.78 bits per heavy atom. The van der Waals surface area contributed by atoms with E-state index < -0.39 is 0 Å². The van der Waals surface area contributed by atoms with Crippen molar-refractivity contribution in [2.45, 2.75) is 32.2 Å². The van der Waals surface area contributed by atoms with Crippen LogP contribution in [0.25, 0.3) is 0 Å². The molecule has 1 saturated carbocycles. The molecule has 1 aliphatic carbocycles. The van der Waals surface area contributed by atoms with Crippen molar-refractivity contribution in [1.82, 2.24) is 5.32 Å². The van der Waals surface area contributed by atoms with Crippen LogP contribution >= 0.6 is 0 Å². The van der Waals surface area contributed by atoms with Gasteiger partial charge < -0.3 is 16.2 Å². The van der Waals surface area contributed by atoms with Crippen LogP contribution in [0.2, 0.25) is 0 Å². The fourth-order valence-corrected chi connectivity index (χ4v) is 2.24. The Kier molecular flexibility index (Phi) is 3.30. The number of carbonyl (C=O) groups excluding carboxylic acids is 1. The first-order chi connectivity index (χ1) is 8.48. The number of amides is 1. The number of benzene rings is 1. The highest BCUT2D eigenvalue weighted by Gasteiger charge is 2.41. The molecule has 0 saturated heterocycles. The Balaban J connectivity index is 2.19. The van der Waals surface area contributed by atoms with Crippen LogP contribution in [-0.2, 0) is 0 Å². The van der Waals surface area contributed by atoms with E-state index in [4.69, 9.17) is 5.73 Å². The third kappa shape index (κ3) is 2.34. The van der Waals surface area contributed by atoms with Crippen LogP contribution in [0.4, 0.5) is 0 Å². The van der Waals surface area contributed by atoms with Crippen molar-refractivity contribution in [1.29, 1.82) is 0 Å². The van der Waals surface area contributed by atoms with E-state index in [0.29, 0.717) is 23.6 Å². The number of hydrogen-bond acceptors (Lipinski definition) is 3. The summed E-state index contributed by atoms with van der Waals surface area (Å²) < 4.78 is 0. The number of aromatic hydroxyl groups is 1. The molecule has 4 N–H and O–H groups in total. The molecule has 2 rings (SSSR count). The molecule has 1 aromatic rings. The lowest BCUT2D eigenvalue weighted by Crippen LogP contribution is -2.53. The molecular formula is C14H20N2O2. The zero-order chi connectivity index (χ0) is 13.3. The molecule has 1 atom stereocenters. The lowest BCUT2D eigenvalue weighted by Gasteiger charge is -2.29. The lowest BCUT2D eigenvalue weighted by atomic mass is 9.95. The minimum atomic E-state index is -0.338. The van der Waals surface area contributed by atoms with Gasteiger partial charge in [0.15, 0.2) is 0 Å².